The number of hydrogen-bond acceptors (Lipinski definition) is 9. The SMILES string of the molecule is CSCCC(NC(=O)C(Cc1ccc(O)cc1)NC(=O)C(CCSC)NC(=O)C(N)CS)C(=O)O. The van der Waals surface area contributed by atoms with Crippen LogP contribution >= 0.6 is 36.2 Å². The third-order valence-corrected chi connectivity index (χ3v) is 6.69. The first kappa shape index (κ1) is 30.9. The Morgan fingerprint density at radius 1 is 0.886 bits per heavy atom. The molecule has 10 nitrogen and oxygen atoms in total. The molecule has 0 aliphatic heterocycles. The molecule has 0 spiro atoms. The number of phenols is 1. The zero-order valence-corrected chi connectivity index (χ0v) is 22.3. The van der Waals surface area contributed by atoms with Crippen LogP contribution in [-0.2, 0) is 25.6 Å². The van der Waals surface area contributed by atoms with E-state index in [1.807, 2.05) is 12.5 Å². The summed E-state index contributed by atoms with van der Waals surface area (Å²) in [6, 6.07) is 2.03. The fourth-order valence-corrected chi connectivity index (χ4v) is 4.09. The number of carbonyl (C=O) groups is 4. The molecule has 0 saturated carbocycles. The van der Waals surface area contributed by atoms with Crippen molar-refractivity contribution in [2.24, 2.45) is 5.73 Å². The Hall–Kier alpha value is -2.09. The lowest BCUT2D eigenvalue weighted by molar-refractivity contribution is -0.142. The Labute approximate surface area is 219 Å². The van der Waals surface area contributed by atoms with Crippen LogP contribution in [0.25, 0.3) is 0 Å². The van der Waals surface area contributed by atoms with Gasteiger partial charge in [0.2, 0.25) is 17.7 Å². The summed E-state index contributed by atoms with van der Waals surface area (Å²) in [4.78, 5) is 50.1. The Bertz CT molecular complexity index is 843. The van der Waals surface area contributed by atoms with Crippen molar-refractivity contribution < 1.29 is 29.4 Å². The Morgan fingerprint density at radius 3 is 1.89 bits per heavy atom. The number of phenolic OH excluding ortho intramolecular Hbond substituents is 1. The summed E-state index contributed by atoms with van der Waals surface area (Å²) in [6.07, 6.45) is 4.26. The first-order chi connectivity index (χ1) is 16.6. The number of thiol groups is 1. The van der Waals surface area contributed by atoms with E-state index in [2.05, 4.69) is 28.6 Å². The fraction of sp³-hybridized carbons (Fsp3) is 0.545. The van der Waals surface area contributed by atoms with Gasteiger partial charge < -0.3 is 31.9 Å². The predicted molar refractivity (Wildman–Crippen MR) is 143 cm³/mol. The van der Waals surface area contributed by atoms with Gasteiger partial charge in [0, 0.05) is 12.2 Å². The average Bonchev–Trinajstić information content (AvgIpc) is 2.83. The first-order valence-corrected chi connectivity index (χ1v) is 14.3. The van der Waals surface area contributed by atoms with E-state index in [1.165, 1.54) is 35.7 Å². The van der Waals surface area contributed by atoms with Crippen LogP contribution in [0, 0.1) is 0 Å². The van der Waals surface area contributed by atoms with Crippen molar-refractivity contribution in [2.75, 3.05) is 29.8 Å². The summed E-state index contributed by atoms with van der Waals surface area (Å²) in [7, 11) is 0. The van der Waals surface area contributed by atoms with Gasteiger partial charge in [-0.2, -0.15) is 36.2 Å². The molecule has 1 aromatic rings. The highest BCUT2D eigenvalue weighted by Crippen LogP contribution is 2.12. The van der Waals surface area contributed by atoms with Crippen molar-refractivity contribution in [3.8, 4) is 5.75 Å². The number of benzene rings is 1. The van der Waals surface area contributed by atoms with Gasteiger partial charge in [0.1, 0.15) is 23.9 Å². The Kier molecular flexibility index (Phi) is 14.6. The number of hydrogen-bond donors (Lipinski definition) is 7. The lowest BCUT2D eigenvalue weighted by Gasteiger charge is -2.25. The van der Waals surface area contributed by atoms with E-state index < -0.39 is 47.9 Å². The molecular weight excluding hydrogens is 512 g/mol. The standard InChI is InChI=1S/C22H34N4O6S3/c1-34-9-7-16(24-19(28)15(23)12-33)20(29)26-18(11-13-3-5-14(27)6-4-13)21(30)25-17(22(31)32)8-10-35-2/h3-6,15-18,27,33H,7-12,23H2,1-2H3,(H,24,28)(H,25,30)(H,26,29)(H,31,32). The number of nitrogens with one attached hydrogen (secondary N) is 3. The maximum absolute atomic E-state index is 13.1. The summed E-state index contributed by atoms with van der Waals surface area (Å²) in [5.41, 5.74) is 6.35. The van der Waals surface area contributed by atoms with Crippen molar-refractivity contribution in [3.63, 3.8) is 0 Å². The summed E-state index contributed by atoms with van der Waals surface area (Å²) < 4.78 is 0. The number of carbonyl (C=O) groups excluding carboxylic acids is 3. The minimum absolute atomic E-state index is 0.0437. The van der Waals surface area contributed by atoms with Gasteiger partial charge in [0.25, 0.3) is 0 Å². The predicted octanol–water partition coefficient (Wildman–Crippen LogP) is 0.237. The minimum atomic E-state index is -1.17. The number of aliphatic carboxylic acids is 1. The second kappa shape index (κ2) is 16.6. The first-order valence-electron chi connectivity index (χ1n) is 10.9. The van der Waals surface area contributed by atoms with E-state index in [1.54, 1.807) is 12.1 Å². The number of thioether (sulfide) groups is 2. The Balaban J connectivity index is 3.10. The monoisotopic (exact) mass is 546 g/mol. The van der Waals surface area contributed by atoms with Crippen molar-refractivity contribution in [1.29, 1.82) is 0 Å². The smallest absolute Gasteiger partial charge is 0.326 e. The molecule has 0 bridgehead atoms. The van der Waals surface area contributed by atoms with E-state index in [-0.39, 0.29) is 24.3 Å². The van der Waals surface area contributed by atoms with Crippen LogP contribution in [0.2, 0.25) is 0 Å². The third kappa shape index (κ3) is 11.5. The van der Waals surface area contributed by atoms with E-state index >= 15 is 0 Å². The van der Waals surface area contributed by atoms with Crippen LogP contribution in [0.15, 0.2) is 24.3 Å². The van der Waals surface area contributed by atoms with Gasteiger partial charge in [-0.05, 0) is 54.6 Å². The summed E-state index contributed by atoms with van der Waals surface area (Å²) in [6.45, 7) is 0. The largest absolute Gasteiger partial charge is 0.508 e. The summed E-state index contributed by atoms with van der Waals surface area (Å²) in [5.74, 6) is -1.73. The van der Waals surface area contributed by atoms with Gasteiger partial charge in [-0.3, -0.25) is 14.4 Å². The van der Waals surface area contributed by atoms with Gasteiger partial charge in [-0.25, -0.2) is 4.79 Å². The van der Waals surface area contributed by atoms with E-state index in [0.29, 0.717) is 23.5 Å². The van der Waals surface area contributed by atoms with Crippen LogP contribution in [0.4, 0.5) is 0 Å². The molecule has 0 fully saturated rings. The highest BCUT2D eigenvalue weighted by molar-refractivity contribution is 7.98. The molecule has 0 radical (unpaired) electrons. The number of carboxylic acids is 1. The molecule has 1 rings (SSSR count). The minimum Gasteiger partial charge on any atom is -0.508 e. The zero-order valence-electron chi connectivity index (χ0n) is 19.7. The fourth-order valence-electron chi connectivity index (χ4n) is 2.98. The van der Waals surface area contributed by atoms with Crippen LogP contribution in [0.3, 0.4) is 0 Å². The molecule has 0 aromatic heterocycles. The van der Waals surface area contributed by atoms with Crippen molar-refractivity contribution in [1.82, 2.24) is 16.0 Å². The third-order valence-electron chi connectivity index (χ3n) is 5.01. The van der Waals surface area contributed by atoms with Gasteiger partial charge >= 0.3 is 5.97 Å². The Morgan fingerprint density at radius 2 is 1.37 bits per heavy atom. The molecule has 3 amide bonds. The van der Waals surface area contributed by atoms with Crippen LogP contribution in [0.5, 0.6) is 5.75 Å². The number of amides is 3. The number of rotatable bonds is 16. The highest BCUT2D eigenvalue weighted by Gasteiger charge is 2.30. The van der Waals surface area contributed by atoms with Crippen LogP contribution < -0.4 is 21.7 Å². The number of aromatic hydroxyl groups is 1. The van der Waals surface area contributed by atoms with Gasteiger partial charge in [0.15, 0.2) is 0 Å². The average molecular weight is 547 g/mol. The van der Waals surface area contributed by atoms with Crippen molar-refractivity contribution in [2.45, 2.75) is 43.4 Å². The molecule has 0 aliphatic rings. The van der Waals surface area contributed by atoms with E-state index in [9.17, 15) is 29.4 Å². The second-order valence-corrected chi connectivity index (χ2v) is 10.1. The van der Waals surface area contributed by atoms with Crippen molar-refractivity contribution in [3.05, 3.63) is 29.8 Å². The lowest BCUT2D eigenvalue weighted by atomic mass is 10.0. The number of carboxylic acid groups (broad SMARTS) is 1. The van der Waals surface area contributed by atoms with Crippen LogP contribution in [0.1, 0.15) is 18.4 Å². The molecule has 4 atom stereocenters. The molecule has 0 heterocycles. The van der Waals surface area contributed by atoms with Gasteiger partial charge in [0.05, 0.1) is 6.04 Å². The topological polar surface area (TPSA) is 171 Å². The normalized spacial score (nSPS) is 14.3. The summed E-state index contributed by atoms with van der Waals surface area (Å²) in [5, 5.41) is 26.8. The van der Waals surface area contributed by atoms with E-state index in [0.717, 1.165) is 0 Å². The molecule has 35 heavy (non-hydrogen) atoms. The zero-order chi connectivity index (χ0) is 26.4. The molecule has 0 aliphatic carbocycles. The molecule has 13 heteroatoms. The highest BCUT2D eigenvalue weighted by atomic mass is 32.2. The van der Waals surface area contributed by atoms with Crippen molar-refractivity contribution >= 4 is 59.8 Å². The van der Waals surface area contributed by atoms with Gasteiger partial charge in [-0.1, -0.05) is 12.1 Å². The molecule has 4 unspecified atom stereocenters. The van der Waals surface area contributed by atoms with E-state index in [4.69, 9.17) is 5.73 Å². The summed E-state index contributed by atoms with van der Waals surface area (Å²) >= 11 is 6.95. The van der Waals surface area contributed by atoms with Gasteiger partial charge in [-0.15, -0.1) is 0 Å². The number of nitrogens with two attached hydrogens (primary N) is 1. The quantitative estimate of drug-likeness (QED) is 0.143. The molecule has 7 N–H and O–H groups in total. The second-order valence-electron chi connectivity index (χ2n) is 7.74. The molecule has 196 valence electrons. The maximum atomic E-state index is 13.1. The molecular formula is C22H34N4O6S3. The van der Waals surface area contributed by atoms with Crippen LogP contribution in [-0.4, -0.2) is 87.8 Å². The molecule has 0 saturated heterocycles. The lowest BCUT2D eigenvalue weighted by Crippen LogP contribution is -2.58. The molecule has 1 aromatic carbocycles. The maximum Gasteiger partial charge on any atom is 0.326 e.